The van der Waals surface area contributed by atoms with Gasteiger partial charge in [0.2, 0.25) is 0 Å². The molecule has 0 unspecified atom stereocenters. The standard InChI is InChI=1S/C11H10O2.Na.H/c1-9(11(12)13)7-8-10-5-3-2-4-6-10;;/h2-8H,1H2,(H,12,13);;. The number of carboxylic acids is 1. The summed E-state index contributed by atoms with van der Waals surface area (Å²) in [6.45, 7) is 3.38. The first-order valence-corrected chi connectivity index (χ1v) is 3.85. The molecule has 1 aromatic rings. The van der Waals surface area contributed by atoms with Crippen LogP contribution in [-0.4, -0.2) is 40.6 Å². The van der Waals surface area contributed by atoms with Gasteiger partial charge in [-0.05, 0) is 11.6 Å². The summed E-state index contributed by atoms with van der Waals surface area (Å²) in [5, 5.41) is 8.51. The molecule has 1 rings (SSSR count). The van der Waals surface area contributed by atoms with E-state index in [1.165, 1.54) is 6.08 Å². The number of hydrogen-bond donors (Lipinski definition) is 1. The first-order valence-electron chi connectivity index (χ1n) is 3.85. The van der Waals surface area contributed by atoms with Crippen molar-refractivity contribution in [1.82, 2.24) is 0 Å². The number of hydrogen-bond acceptors (Lipinski definition) is 1. The fourth-order valence-electron chi connectivity index (χ4n) is 0.832. The Bertz CT molecular complexity index is 342. The number of rotatable bonds is 3. The van der Waals surface area contributed by atoms with Gasteiger partial charge in [0.1, 0.15) is 0 Å². The second kappa shape index (κ2) is 6.60. The van der Waals surface area contributed by atoms with Crippen molar-refractivity contribution in [3.8, 4) is 0 Å². The van der Waals surface area contributed by atoms with E-state index in [9.17, 15) is 4.79 Å². The zero-order valence-corrected chi connectivity index (χ0v) is 7.10. The Morgan fingerprint density at radius 3 is 2.36 bits per heavy atom. The summed E-state index contributed by atoms with van der Waals surface area (Å²) in [5.74, 6) is -0.993. The van der Waals surface area contributed by atoms with Crippen LogP contribution >= 0.6 is 0 Å². The summed E-state index contributed by atoms with van der Waals surface area (Å²) in [5.41, 5.74) is 1.05. The van der Waals surface area contributed by atoms with Crippen LogP contribution in [0, 0.1) is 0 Å². The van der Waals surface area contributed by atoms with E-state index in [-0.39, 0.29) is 35.1 Å². The fourth-order valence-corrected chi connectivity index (χ4v) is 0.832. The zero-order chi connectivity index (χ0) is 9.68. The summed E-state index contributed by atoms with van der Waals surface area (Å²) in [7, 11) is 0. The monoisotopic (exact) mass is 198 g/mol. The van der Waals surface area contributed by atoms with Gasteiger partial charge in [-0.3, -0.25) is 0 Å². The molecule has 0 saturated heterocycles. The van der Waals surface area contributed by atoms with Crippen LogP contribution < -0.4 is 0 Å². The van der Waals surface area contributed by atoms with E-state index in [1.54, 1.807) is 6.08 Å². The van der Waals surface area contributed by atoms with Gasteiger partial charge in [-0.15, -0.1) is 0 Å². The third kappa shape index (κ3) is 4.42. The summed E-state index contributed by atoms with van der Waals surface area (Å²) in [6, 6.07) is 9.48. The molecular weight excluding hydrogens is 187 g/mol. The van der Waals surface area contributed by atoms with Gasteiger partial charge < -0.3 is 5.11 Å². The Morgan fingerprint density at radius 1 is 1.29 bits per heavy atom. The predicted octanol–water partition coefficient (Wildman–Crippen LogP) is 1.69. The Balaban J connectivity index is 0.00000169. The molecule has 0 heterocycles. The Labute approximate surface area is 105 Å². The van der Waals surface area contributed by atoms with Crippen molar-refractivity contribution in [2.24, 2.45) is 0 Å². The molecule has 0 bridgehead atoms. The van der Waals surface area contributed by atoms with E-state index in [4.69, 9.17) is 5.11 Å². The normalized spacial score (nSPS) is 9.43. The van der Waals surface area contributed by atoms with E-state index < -0.39 is 5.97 Å². The van der Waals surface area contributed by atoms with Crippen LogP contribution in [0.4, 0.5) is 0 Å². The van der Waals surface area contributed by atoms with Crippen LogP contribution in [-0.2, 0) is 4.79 Å². The number of aliphatic carboxylic acids is 1. The molecule has 1 aromatic carbocycles. The third-order valence-corrected chi connectivity index (χ3v) is 1.55. The van der Waals surface area contributed by atoms with Gasteiger partial charge in [-0.2, -0.15) is 0 Å². The van der Waals surface area contributed by atoms with Gasteiger partial charge in [0.15, 0.2) is 0 Å². The molecule has 1 N–H and O–H groups in total. The van der Waals surface area contributed by atoms with Crippen molar-refractivity contribution in [3.05, 3.63) is 54.1 Å². The zero-order valence-electron chi connectivity index (χ0n) is 7.10. The molecule has 2 nitrogen and oxygen atoms in total. The molecular formula is C11H11NaO2. The molecule has 3 heteroatoms. The van der Waals surface area contributed by atoms with Crippen molar-refractivity contribution in [1.29, 1.82) is 0 Å². The molecule has 0 amide bonds. The van der Waals surface area contributed by atoms with E-state index in [2.05, 4.69) is 6.58 Å². The van der Waals surface area contributed by atoms with Gasteiger partial charge in [-0.1, -0.05) is 43.0 Å². The number of benzene rings is 1. The van der Waals surface area contributed by atoms with Crippen molar-refractivity contribution in [3.63, 3.8) is 0 Å². The first kappa shape index (κ1) is 13.2. The maximum absolute atomic E-state index is 10.4. The molecule has 14 heavy (non-hydrogen) atoms. The van der Waals surface area contributed by atoms with Crippen LogP contribution in [0.15, 0.2) is 48.6 Å². The van der Waals surface area contributed by atoms with Crippen molar-refractivity contribution in [2.75, 3.05) is 0 Å². The minimum absolute atomic E-state index is 0. The Morgan fingerprint density at radius 2 is 1.86 bits per heavy atom. The van der Waals surface area contributed by atoms with Gasteiger partial charge in [-0.25, -0.2) is 4.79 Å². The van der Waals surface area contributed by atoms with Crippen LogP contribution in [0.5, 0.6) is 0 Å². The van der Waals surface area contributed by atoms with Crippen LogP contribution in [0.3, 0.4) is 0 Å². The summed E-state index contributed by atoms with van der Waals surface area (Å²) < 4.78 is 0. The van der Waals surface area contributed by atoms with Crippen molar-refractivity contribution in [2.45, 2.75) is 0 Å². The topological polar surface area (TPSA) is 37.3 Å². The molecule has 0 atom stereocenters. The number of carbonyl (C=O) groups is 1. The molecule has 68 valence electrons. The SMILES string of the molecule is C=C(C=Cc1ccccc1)C(=O)O.[NaH]. The second-order valence-electron chi connectivity index (χ2n) is 2.57. The van der Waals surface area contributed by atoms with E-state index >= 15 is 0 Å². The average Bonchev–Trinajstić information content (AvgIpc) is 2.15. The third-order valence-electron chi connectivity index (χ3n) is 1.55. The Kier molecular flexibility index (Phi) is 6.21. The van der Waals surface area contributed by atoms with Crippen LogP contribution in [0.1, 0.15) is 5.56 Å². The summed E-state index contributed by atoms with van der Waals surface area (Å²) in [6.07, 6.45) is 3.20. The van der Waals surface area contributed by atoms with E-state index in [0.717, 1.165) is 5.56 Å². The van der Waals surface area contributed by atoms with Crippen LogP contribution in [0.2, 0.25) is 0 Å². The van der Waals surface area contributed by atoms with Crippen molar-refractivity contribution < 1.29 is 9.90 Å². The van der Waals surface area contributed by atoms with Gasteiger partial charge in [0.25, 0.3) is 0 Å². The predicted molar refractivity (Wildman–Crippen MR) is 59.4 cm³/mol. The minimum atomic E-state index is -0.993. The second-order valence-corrected chi connectivity index (χ2v) is 2.57. The van der Waals surface area contributed by atoms with Gasteiger partial charge in [0.05, 0.1) is 5.57 Å². The van der Waals surface area contributed by atoms with Crippen molar-refractivity contribution >= 4 is 41.6 Å². The molecule has 0 aliphatic carbocycles. The fraction of sp³-hybridized carbons (Fsp3) is 0. The Hall–Kier alpha value is -0.830. The van der Waals surface area contributed by atoms with E-state index in [1.807, 2.05) is 30.3 Å². The van der Waals surface area contributed by atoms with Gasteiger partial charge in [0, 0.05) is 0 Å². The average molecular weight is 198 g/mol. The molecule has 0 spiro atoms. The van der Waals surface area contributed by atoms with Gasteiger partial charge >= 0.3 is 35.5 Å². The summed E-state index contributed by atoms with van der Waals surface area (Å²) in [4.78, 5) is 10.4. The first-order chi connectivity index (χ1) is 6.20. The van der Waals surface area contributed by atoms with E-state index in [0.29, 0.717) is 0 Å². The molecule has 0 radical (unpaired) electrons. The maximum atomic E-state index is 10.4. The molecule has 0 aliphatic heterocycles. The molecule has 0 saturated carbocycles. The molecule has 0 fully saturated rings. The summed E-state index contributed by atoms with van der Waals surface area (Å²) >= 11 is 0. The molecule has 0 aromatic heterocycles. The number of carboxylic acid groups (broad SMARTS) is 1. The quantitative estimate of drug-likeness (QED) is 0.456. The van der Waals surface area contributed by atoms with Crippen LogP contribution in [0.25, 0.3) is 6.08 Å². The molecule has 0 aliphatic rings.